The molecule has 3 N–H and O–H groups in total. The average Bonchev–Trinajstić information content (AvgIpc) is 3.26. The van der Waals surface area contributed by atoms with Crippen LogP contribution in [-0.2, 0) is 12.0 Å². The maximum atomic E-state index is 11.9. The van der Waals surface area contributed by atoms with E-state index in [1.165, 1.54) is 5.56 Å². The summed E-state index contributed by atoms with van der Waals surface area (Å²) < 4.78 is 5.37. The highest BCUT2D eigenvalue weighted by Gasteiger charge is 2.14. The normalized spacial score (nSPS) is 11.7. The fraction of sp³-hybridized carbons (Fsp3) is 0.333. The number of fused-ring (bicyclic) bond motifs is 1. The molecule has 2 aromatic carbocycles. The van der Waals surface area contributed by atoms with E-state index >= 15 is 0 Å². The number of aromatic nitrogens is 4. The van der Waals surface area contributed by atoms with Crippen molar-refractivity contribution < 1.29 is 4.52 Å². The van der Waals surface area contributed by atoms with Crippen LogP contribution in [0.4, 0.5) is 5.82 Å². The third kappa shape index (κ3) is 5.03. The fourth-order valence-electron chi connectivity index (χ4n) is 3.43. The molecule has 0 aliphatic rings. The van der Waals surface area contributed by atoms with Gasteiger partial charge in [0.25, 0.3) is 5.56 Å². The van der Waals surface area contributed by atoms with Crippen LogP contribution in [0.3, 0.4) is 0 Å². The minimum Gasteiger partial charge on any atom is -0.368 e. The molecule has 2 aromatic heterocycles. The molecule has 8 nitrogen and oxygen atoms in total. The highest BCUT2D eigenvalue weighted by Crippen LogP contribution is 2.25. The number of benzene rings is 2. The Bertz CT molecular complexity index is 1240. The predicted molar refractivity (Wildman–Crippen MR) is 126 cm³/mol. The molecule has 4 aromatic rings. The summed E-state index contributed by atoms with van der Waals surface area (Å²) in [6, 6.07) is 15.7. The number of aromatic amines is 1. The molecule has 0 unspecified atom stereocenters. The van der Waals surface area contributed by atoms with Gasteiger partial charge in [0, 0.05) is 17.5 Å². The van der Waals surface area contributed by atoms with Crippen LogP contribution in [0.5, 0.6) is 0 Å². The molecule has 8 heteroatoms. The third-order valence-electron chi connectivity index (χ3n) is 5.27. The van der Waals surface area contributed by atoms with Gasteiger partial charge in [0.15, 0.2) is 5.82 Å². The van der Waals surface area contributed by atoms with Crippen LogP contribution in [0, 0.1) is 0 Å². The van der Waals surface area contributed by atoms with E-state index in [9.17, 15) is 4.79 Å². The molecular formula is C24H28N6O2. The van der Waals surface area contributed by atoms with Crippen molar-refractivity contribution in [2.45, 2.75) is 39.2 Å². The van der Waals surface area contributed by atoms with Crippen LogP contribution in [0.15, 0.2) is 57.8 Å². The van der Waals surface area contributed by atoms with Crippen molar-refractivity contribution in [3.63, 3.8) is 0 Å². The average molecular weight is 433 g/mol. The second-order valence-electron chi connectivity index (χ2n) is 8.74. The number of hydrogen-bond acceptors (Lipinski definition) is 7. The SMILES string of the molecule is CC(C)(C)c1ccc(-c2noc(CNCCCNc3n[nH]c(=O)c4ccccc34)n2)cc1. The van der Waals surface area contributed by atoms with Gasteiger partial charge in [-0.1, -0.05) is 68.4 Å². The van der Waals surface area contributed by atoms with Gasteiger partial charge < -0.3 is 15.2 Å². The van der Waals surface area contributed by atoms with E-state index in [2.05, 4.69) is 63.9 Å². The predicted octanol–water partition coefficient (Wildman–Crippen LogP) is 3.86. The van der Waals surface area contributed by atoms with Crippen molar-refractivity contribution in [1.82, 2.24) is 25.7 Å². The first-order valence-corrected chi connectivity index (χ1v) is 10.8. The monoisotopic (exact) mass is 432 g/mol. The summed E-state index contributed by atoms with van der Waals surface area (Å²) in [5.41, 5.74) is 2.14. The maximum Gasteiger partial charge on any atom is 0.272 e. The van der Waals surface area contributed by atoms with Crippen molar-refractivity contribution in [1.29, 1.82) is 0 Å². The first-order chi connectivity index (χ1) is 15.4. The summed E-state index contributed by atoms with van der Waals surface area (Å²) in [6.45, 7) is 8.56. The summed E-state index contributed by atoms with van der Waals surface area (Å²) in [4.78, 5) is 16.3. The third-order valence-corrected chi connectivity index (χ3v) is 5.27. The van der Waals surface area contributed by atoms with Crippen LogP contribution < -0.4 is 16.2 Å². The van der Waals surface area contributed by atoms with Crippen LogP contribution >= 0.6 is 0 Å². The second kappa shape index (κ2) is 9.32. The number of anilines is 1. The van der Waals surface area contributed by atoms with E-state index in [4.69, 9.17) is 4.52 Å². The highest BCUT2D eigenvalue weighted by molar-refractivity contribution is 5.90. The Hall–Kier alpha value is -3.52. The van der Waals surface area contributed by atoms with Crippen molar-refractivity contribution in [2.24, 2.45) is 0 Å². The van der Waals surface area contributed by atoms with Crippen molar-refractivity contribution >= 4 is 16.6 Å². The van der Waals surface area contributed by atoms with Crippen molar-refractivity contribution in [2.75, 3.05) is 18.4 Å². The Kier molecular flexibility index (Phi) is 6.32. The number of H-pyrrole nitrogens is 1. The molecule has 0 spiro atoms. The lowest BCUT2D eigenvalue weighted by Gasteiger charge is -2.18. The van der Waals surface area contributed by atoms with E-state index in [-0.39, 0.29) is 11.0 Å². The largest absolute Gasteiger partial charge is 0.368 e. The first-order valence-electron chi connectivity index (χ1n) is 10.8. The molecule has 2 heterocycles. The van der Waals surface area contributed by atoms with Crippen LogP contribution in [0.25, 0.3) is 22.2 Å². The Labute approximate surface area is 186 Å². The Morgan fingerprint density at radius 1 is 1.00 bits per heavy atom. The lowest BCUT2D eigenvalue weighted by atomic mass is 9.87. The zero-order chi connectivity index (χ0) is 22.6. The van der Waals surface area contributed by atoms with E-state index in [0.29, 0.717) is 36.0 Å². The van der Waals surface area contributed by atoms with Gasteiger partial charge in [-0.2, -0.15) is 10.1 Å². The number of nitrogens with one attached hydrogen (secondary N) is 3. The molecule has 4 rings (SSSR count). The second-order valence-corrected chi connectivity index (χ2v) is 8.74. The van der Waals surface area contributed by atoms with Crippen molar-refractivity contribution in [3.8, 4) is 11.4 Å². The number of hydrogen-bond donors (Lipinski definition) is 3. The topological polar surface area (TPSA) is 109 Å². The maximum absolute atomic E-state index is 11.9. The molecule has 0 aliphatic carbocycles. The van der Waals surface area contributed by atoms with Gasteiger partial charge in [-0.25, -0.2) is 5.10 Å². The molecular weight excluding hydrogens is 404 g/mol. The Morgan fingerprint density at radius 2 is 1.75 bits per heavy atom. The van der Waals surface area contributed by atoms with Gasteiger partial charge in [0.05, 0.1) is 11.9 Å². The van der Waals surface area contributed by atoms with E-state index in [1.807, 2.05) is 30.3 Å². The number of nitrogens with zero attached hydrogens (tertiary/aromatic N) is 3. The zero-order valence-electron chi connectivity index (χ0n) is 18.6. The molecule has 0 saturated heterocycles. The van der Waals surface area contributed by atoms with E-state index < -0.39 is 0 Å². The highest BCUT2D eigenvalue weighted by atomic mass is 16.5. The smallest absolute Gasteiger partial charge is 0.272 e. The molecule has 32 heavy (non-hydrogen) atoms. The van der Waals surface area contributed by atoms with Crippen molar-refractivity contribution in [3.05, 3.63) is 70.3 Å². The quantitative estimate of drug-likeness (QED) is 0.363. The van der Waals surface area contributed by atoms with E-state index in [1.54, 1.807) is 6.07 Å². The van der Waals surface area contributed by atoms with Gasteiger partial charge in [-0.3, -0.25) is 4.79 Å². The minimum atomic E-state index is -0.183. The molecule has 0 amide bonds. The molecule has 0 atom stereocenters. The molecule has 0 fully saturated rings. The Balaban J connectivity index is 1.24. The van der Waals surface area contributed by atoms with Gasteiger partial charge in [0.1, 0.15) is 0 Å². The lowest BCUT2D eigenvalue weighted by Crippen LogP contribution is -2.19. The first kappa shape index (κ1) is 21.7. The minimum absolute atomic E-state index is 0.112. The van der Waals surface area contributed by atoms with Crippen LogP contribution in [0.2, 0.25) is 0 Å². The standard InChI is InChI=1S/C24H28N6O2/c1-24(2,3)17-11-9-16(10-12-17)21-27-20(32-30-21)15-25-13-6-14-26-22-18-7-4-5-8-19(18)23(31)29-28-22/h4-5,7-12,25H,6,13-15H2,1-3H3,(H,26,28)(H,29,31). The molecule has 0 aliphatic heterocycles. The lowest BCUT2D eigenvalue weighted by molar-refractivity contribution is 0.368. The summed E-state index contributed by atoms with van der Waals surface area (Å²) in [5, 5.41) is 18.8. The van der Waals surface area contributed by atoms with Gasteiger partial charge in [0.2, 0.25) is 11.7 Å². The number of rotatable bonds is 8. The fourth-order valence-corrected chi connectivity index (χ4v) is 3.43. The molecule has 0 saturated carbocycles. The molecule has 0 bridgehead atoms. The van der Waals surface area contributed by atoms with Crippen LogP contribution in [0.1, 0.15) is 38.6 Å². The summed E-state index contributed by atoms with van der Waals surface area (Å²) in [7, 11) is 0. The Morgan fingerprint density at radius 3 is 2.50 bits per heavy atom. The summed E-state index contributed by atoms with van der Waals surface area (Å²) >= 11 is 0. The molecule has 166 valence electrons. The van der Waals surface area contributed by atoms with Gasteiger partial charge in [-0.05, 0) is 30.0 Å². The van der Waals surface area contributed by atoms with Gasteiger partial charge >= 0.3 is 0 Å². The zero-order valence-corrected chi connectivity index (χ0v) is 18.6. The van der Waals surface area contributed by atoms with E-state index in [0.717, 1.165) is 23.9 Å². The van der Waals surface area contributed by atoms with Gasteiger partial charge in [-0.15, -0.1) is 0 Å². The summed E-state index contributed by atoms with van der Waals surface area (Å²) in [6.07, 6.45) is 0.865. The summed E-state index contributed by atoms with van der Waals surface area (Å²) in [5.74, 6) is 1.83. The molecule has 0 radical (unpaired) electrons. The van der Waals surface area contributed by atoms with Crippen LogP contribution in [-0.4, -0.2) is 33.4 Å².